The van der Waals surface area contributed by atoms with Gasteiger partial charge in [-0.1, -0.05) is 0 Å². The Morgan fingerprint density at radius 3 is 2.53 bits per heavy atom. The van der Waals surface area contributed by atoms with Gasteiger partial charge in [-0.2, -0.15) is 0 Å². The molecule has 0 fully saturated rings. The molecule has 0 amide bonds. The molecule has 0 radical (unpaired) electrons. The van der Waals surface area contributed by atoms with Gasteiger partial charge in [0.05, 0.1) is 19.8 Å². The Balaban J connectivity index is 2.54. The Morgan fingerprint density at radius 1 is 1.21 bits per heavy atom. The number of ether oxygens (including phenoxy) is 3. The minimum atomic E-state index is -0.278. The fraction of sp³-hybridized carbons (Fsp3) is 0.571. The zero-order chi connectivity index (χ0) is 14.3. The molecule has 1 aromatic rings. The Hall–Kier alpha value is -1.17. The maximum Gasteiger partial charge on any atom is 0.126 e. The van der Waals surface area contributed by atoms with Gasteiger partial charge in [0, 0.05) is 18.7 Å². The van der Waals surface area contributed by atoms with Crippen LogP contribution in [-0.2, 0) is 9.47 Å². The van der Waals surface area contributed by atoms with Crippen LogP contribution in [-0.4, -0.2) is 33.5 Å². The first-order valence-corrected chi connectivity index (χ1v) is 6.31. The summed E-state index contributed by atoms with van der Waals surface area (Å²) in [6.07, 6.45) is 0. The molecule has 5 heteroatoms. The summed E-state index contributed by atoms with van der Waals surface area (Å²) in [5, 5.41) is 0. The van der Waals surface area contributed by atoms with Gasteiger partial charge in [0.1, 0.15) is 18.2 Å². The molecule has 1 rings (SSSR count). The molecular formula is C14H22FNO3. The molecule has 1 atom stereocenters. The lowest BCUT2D eigenvalue weighted by Crippen LogP contribution is -2.13. The van der Waals surface area contributed by atoms with Gasteiger partial charge in [-0.25, -0.2) is 4.39 Å². The molecule has 0 saturated heterocycles. The highest BCUT2D eigenvalue weighted by molar-refractivity contribution is 5.39. The molecule has 4 nitrogen and oxygen atoms in total. The lowest BCUT2D eigenvalue weighted by atomic mass is 10.1. The van der Waals surface area contributed by atoms with Crippen molar-refractivity contribution in [3.8, 4) is 5.75 Å². The molecule has 2 N–H and O–H groups in total. The second-order valence-electron chi connectivity index (χ2n) is 4.38. The van der Waals surface area contributed by atoms with E-state index in [4.69, 9.17) is 19.9 Å². The van der Waals surface area contributed by atoms with Crippen LogP contribution < -0.4 is 10.5 Å². The molecule has 0 spiro atoms. The van der Waals surface area contributed by atoms with Crippen molar-refractivity contribution in [2.24, 2.45) is 5.73 Å². The summed E-state index contributed by atoms with van der Waals surface area (Å²) < 4.78 is 29.3. The summed E-state index contributed by atoms with van der Waals surface area (Å²) >= 11 is 0. The predicted molar refractivity (Wildman–Crippen MR) is 71.9 cm³/mol. The number of hydrogen-bond acceptors (Lipinski definition) is 4. The largest absolute Gasteiger partial charge is 0.491 e. The molecular weight excluding hydrogens is 249 g/mol. The minimum Gasteiger partial charge on any atom is -0.491 e. The van der Waals surface area contributed by atoms with Crippen molar-refractivity contribution in [2.45, 2.75) is 19.9 Å². The fourth-order valence-corrected chi connectivity index (χ4v) is 1.61. The van der Waals surface area contributed by atoms with Crippen molar-refractivity contribution in [1.29, 1.82) is 0 Å². The molecule has 0 heterocycles. The summed E-state index contributed by atoms with van der Waals surface area (Å²) in [6.45, 7) is 5.43. The number of halogens is 1. The number of hydrogen-bond donors (Lipinski definition) is 1. The Morgan fingerprint density at radius 2 is 1.89 bits per heavy atom. The number of rotatable bonds is 8. The number of nitrogens with two attached hydrogens (primary N) is 1. The molecule has 19 heavy (non-hydrogen) atoms. The smallest absolute Gasteiger partial charge is 0.126 e. The number of aryl methyl sites for hydroxylation is 1. The van der Waals surface area contributed by atoms with E-state index < -0.39 is 0 Å². The van der Waals surface area contributed by atoms with E-state index in [2.05, 4.69) is 0 Å². The van der Waals surface area contributed by atoms with Gasteiger partial charge in [-0.05, 0) is 31.5 Å². The number of benzene rings is 1. The van der Waals surface area contributed by atoms with Crippen LogP contribution in [0.3, 0.4) is 0 Å². The van der Waals surface area contributed by atoms with E-state index in [-0.39, 0.29) is 11.9 Å². The maximum absolute atomic E-state index is 13.5. The van der Waals surface area contributed by atoms with E-state index in [0.29, 0.717) is 43.3 Å². The van der Waals surface area contributed by atoms with Gasteiger partial charge in [-0.3, -0.25) is 0 Å². The Bertz CT molecular complexity index is 397. The van der Waals surface area contributed by atoms with Crippen molar-refractivity contribution in [3.63, 3.8) is 0 Å². The summed E-state index contributed by atoms with van der Waals surface area (Å²) in [5.41, 5.74) is 7.02. The van der Waals surface area contributed by atoms with Crippen LogP contribution in [0.2, 0.25) is 0 Å². The zero-order valence-electron chi connectivity index (χ0n) is 11.7. The summed E-state index contributed by atoms with van der Waals surface area (Å²) in [5.74, 6) is 0.347. The average Bonchev–Trinajstić information content (AvgIpc) is 2.37. The van der Waals surface area contributed by atoms with E-state index in [9.17, 15) is 4.39 Å². The normalized spacial score (nSPS) is 12.5. The van der Waals surface area contributed by atoms with Crippen molar-refractivity contribution in [2.75, 3.05) is 33.5 Å². The second-order valence-corrected chi connectivity index (χ2v) is 4.38. The summed E-state index contributed by atoms with van der Waals surface area (Å²) in [7, 11) is 1.62. The van der Waals surface area contributed by atoms with E-state index in [1.54, 1.807) is 27.0 Å². The van der Waals surface area contributed by atoms with E-state index in [0.717, 1.165) is 0 Å². The fourth-order valence-electron chi connectivity index (χ4n) is 1.61. The molecule has 1 aromatic carbocycles. The SMILES string of the molecule is COCCOCCOc1cc(C)c(F)cc1C(C)N. The van der Waals surface area contributed by atoms with Crippen LogP contribution in [0.1, 0.15) is 24.1 Å². The van der Waals surface area contributed by atoms with Crippen LogP contribution in [0.15, 0.2) is 12.1 Å². The number of methoxy groups -OCH3 is 1. The van der Waals surface area contributed by atoms with Gasteiger partial charge in [-0.15, -0.1) is 0 Å². The van der Waals surface area contributed by atoms with Crippen molar-refractivity contribution < 1.29 is 18.6 Å². The monoisotopic (exact) mass is 271 g/mol. The van der Waals surface area contributed by atoms with Gasteiger partial charge in [0.15, 0.2) is 0 Å². The third-order valence-corrected chi connectivity index (χ3v) is 2.70. The van der Waals surface area contributed by atoms with Crippen molar-refractivity contribution in [1.82, 2.24) is 0 Å². The van der Waals surface area contributed by atoms with Crippen molar-refractivity contribution >= 4 is 0 Å². The molecule has 0 aliphatic carbocycles. The predicted octanol–water partition coefficient (Wildman–Crippen LogP) is 2.20. The highest BCUT2D eigenvalue weighted by Crippen LogP contribution is 2.27. The third kappa shape index (κ3) is 5.14. The average molecular weight is 271 g/mol. The van der Waals surface area contributed by atoms with E-state index in [1.807, 2.05) is 0 Å². The van der Waals surface area contributed by atoms with Crippen LogP contribution in [0.4, 0.5) is 4.39 Å². The molecule has 108 valence electrons. The summed E-state index contributed by atoms with van der Waals surface area (Å²) in [6, 6.07) is 2.82. The molecule has 0 aliphatic rings. The Kier molecular flexibility index (Phi) is 6.77. The van der Waals surface area contributed by atoms with Crippen molar-refractivity contribution in [3.05, 3.63) is 29.1 Å². The van der Waals surface area contributed by atoms with Gasteiger partial charge < -0.3 is 19.9 Å². The first-order chi connectivity index (χ1) is 9.06. The van der Waals surface area contributed by atoms with Gasteiger partial charge in [0.25, 0.3) is 0 Å². The van der Waals surface area contributed by atoms with Crippen LogP contribution in [0.5, 0.6) is 5.75 Å². The van der Waals surface area contributed by atoms with Crippen LogP contribution >= 0.6 is 0 Å². The lowest BCUT2D eigenvalue weighted by molar-refractivity contribution is 0.0542. The van der Waals surface area contributed by atoms with E-state index >= 15 is 0 Å². The summed E-state index contributed by atoms with van der Waals surface area (Å²) in [4.78, 5) is 0. The standard InChI is InChI=1S/C14H22FNO3/c1-10-8-14(12(11(2)16)9-13(10)15)19-7-6-18-5-4-17-3/h8-9,11H,4-7,16H2,1-3H3. The van der Waals surface area contributed by atoms with Gasteiger partial charge in [0.2, 0.25) is 0 Å². The maximum atomic E-state index is 13.5. The third-order valence-electron chi connectivity index (χ3n) is 2.70. The topological polar surface area (TPSA) is 53.7 Å². The molecule has 0 saturated carbocycles. The molecule has 0 aliphatic heterocycles. The first-order valence-electron chi connectivity index (χ1n) is 6.31. The highest BCUT2D eigenvalue weighted by atomic mass is 19.1. The second kappa shape index (κ2) is 8.09. The van der Waals surface area contributed by atoms with Crippen LogP contribution in [0.25, 0.3) is 0 Å². The highest BCUT2D eigenvalue weighted by Gasteiger charge is 2.12. The van der Waals surface area contributed by atoms with E-state index in [1.165, 1.54) is 6.07 Å². The minimum absolute atomic E-state index is 0.268. The van der Waals surface area contributed by atoms with Gasteiger partial charge >= 0.3 is 0 Å². The lowest BCUT2D eigenvalue weighted by Gasteiger charge is -2.15. The molecule has 0 aromatic heterocycles. The Labute approximate surface area is 113 Å². The van der Waals surface area contributed by atoms with Crippen LogP contribution in [0, 0.1) is 12.7 Å². The quantitative estimate of drug-likeness (QED) is 0.736. The molecule has 0 bridgehead atoms. The first kappa shape index (κ1) is 15.9. The molecule has 1 unspecified atom stereocenters. The zero-order valence-corrected chi connectivity index (χ0v) is 11.7.